The van der Waals surface area contributed by atoms with Gasteiger partial charge in [-0.15, -0.1) is 4.40 Å². The van der Waals surface area contributed by atoms with Crippen molar-refractivity contribution >= 4 is 27.0 Å². The Morgan fingerprint density at radius 1 is 1.25 bits per heavy atom. The maximum Gasteiger partial charge on any atom is 0.381 e. The lowest BCUT2D eigenvalue weighted by Crippen LogP contribution is -2.00. The van der Waals surface area contributed by atoms with Gasteiger partial charge in [-0.2, -0.15) is 8.42 Å². The van der Waals surface area contributed by atoms with Crippen molar-refractivity contribution in [3.05, 3.63) is 36.1 Å². The highest BCUT2D eigenvalue weighted by Gasteiger charge is 2.24. The average molecular weight is 237 g/mol. The van der Waals surface area contributed by atoms with E-state index in [9.17, 15) is 8.42 Å². The summed E-state index contributed by atoms with van der Waals surface area (Å²) in [6.45, 7) is -0.0673. The fourth-order valence-electron chi connectivity index (χ4n) is 1.56. The minimum atomic E-state index is -3.75. The average Bonchev–Trinajstić information content (AvgIpc) is 2.80. The molecule has 1 aliphatic rings. The lowest BCUT2D eigenvalue weighted by Gasteiger charge is -1.88. The van der Waals surface area contributed by atoms with Gasteiger partial charge in [0, 0.05) is 5.39 Å². The van der Waals surface area contributed by atoms with E-state index in [4.69, 9.17) is 4.42 Å². The molecule has 0 bridgehead atoms. The molecule has 0 N–H and O–H groups in total. The molecule has 0 saturated heterocycles. The van der Waals surface area contributed by atoms with E-state index in [1.807, 2.05) is 24.3 Å². The fourth-order valence-corrected chi connectivity index (χ4v) is 2.28. The van der Waals surface area contributed by atoms with Gasteiger partial charge in [-0.1, -0.05) is 18.2 Å². The van der Waals surface area contributed by atoms with Crippen molar-refractivity contribution < 1.29 is 17.0 Å². The third-order valence-electron chi connectivity index (χ3n) is 2.28. The minimum absolute atomic E-state index is 0.0673. The van der Waals surface area contributed by atoms with Crippen molar-refractivity contribution in [3.63, 3.8) is 0 Å². The molecule has 2 heterocycles. The third kappa shape index (κ3) is 1.52. The molecule has 2 aromatic rings. The van der Waals surface area contributed by atoms with Crippen molar-refractivity contribution in [1.29, 1.82) is 0 Å². The van der Waals surface area contributed by atoms with Crippen LogP contribution in [0.5, 0.6) is 0 Å². The number of benzene rings is 1. The van der Waals surface area contributed by atoms with Gasteiger partial charge in [-0.25, -0.2) is 4.18 Å². The van der Waals surface area contributed by atoms with E-state index < -0.39 is 10.3 Å². The van der Waals surface area contributed by atoms with Crippen molar-refractivity contribution in [3.8, 4) is 0 Å². The summed E-state index contributed by atoms with van der Waals surface area (Å²) < 4.78 is 35.4. The van der Waals surface area contributed by atoms with E-state index in [-0.39, 0.29) is 6.61 Å². The maximum absolute atomic E-state index is 11.0. The molecule has 3 rings (SSSR count). The van der Waals surface area contributed by atoms with Crippen molar-refractivity contribution in [1.82, 2.24) is 0 Å². The van der Waals surface area contributed by atoms with Crippen molar-refractivity contribution in [2.24, 2.45) is 4.40 Å². The zero-order chi connectivity index (χ0) is 11.2. The predicted octanol–water partition coefficient (Wildman–Crippen LogP) is 1.50. The zero-order valence-electron chi connectivity index (χ0n) is 8.08. The standard InChI is InChI=1S/C10H7NO4S/c12-16(13)11-8(6-14-16)10-5-7-3-1-2-4-9(7)15-10/h1-5H,6H2. The van der Waals surface area contributed by atoms with E-state index in [1.165, 1.54) is 0 Å². The molecule has 1 aromatic heterocycles. The van der Waals surface area contributed by atoms with Gasteiger partial charge in [0.1, 0.15) is 17.9 Å². The molecular formula is C10H7NO4S. The molecule has 0 atom stereocenters. The summed E-state index contributed by atoms with van der Waals surface area (Å²) >= 11 is 0. The van der Waals surface area contributed by atoms with Crippen LogP contribution in [-0.2, 0) is 14.5 Å². The Hall–Kier alpha value is -1.66. The quantitative estimate of drug-likeness (QED) is 0.753. The highest BCUT2D eigenvalue weighted by Crippen LogP contribution is 2.21. The second kappa shape index (κ2) is 3.16. The first kappa shape index (κ1) is 9.56. The van der Waals surface area contributed by atoms with Crippen LogP contribution in [0.3, 0.4) is 0 Å². The number of hydrogen-bond donors (Lipinski definition) is 0. The molecule has 82 valence electrons. The van der Waals surface area contributed by atoms with Crippen molar-refractivity contribution in [2.75, 3.05) is 6.61 Å². The summed E-state index contributed by atoms with van der Waals surface area (Å²) in [6.07, 6.45) is 0. The molecule has 6 heteroatoms. The van der Waals surface area contributed by atoms with E-state index in [0.29, 0.717) is 17.1 Å². The first-order chi connectivity index (χ1) is 7.64. The Labute approximate surface area is 91.6 Å². The molecule has 1 aromatic carbocycles. The number of nitrogens with zero attached hydrogens (tertiary/aromatic N) is 1. The Morgan fingerprint density at radius 2 is 2.06 bits per heavy atom. The van der Waals surface area contributed by atoms with E-state index in [2.05, 4.69) is 8.58 Å². The molecule has 0 spiro atoms. The lowest BCUT2D eigenvalue weighted by molar-refractivity contribution is 0.380. The maximum atomic E-state index is 11.0. The van der Waals surface area contributed by atoms with Crippen LogP contribution in [0.15, 0.2) is 39.1 Å². The van der Waals surface area contributed by atoms with Gasteiger partial charge in [-0.05, 0) is 12.1 Å². The van der Waals surface area contributed by atoms with Gasteiger partial charge in [0.15, 0.2) is 5.76 Å². The zero-order valence-corrected chi connectivity index (χ0v) is 8.90. The van der Waals surface area contributed by atoms with Crippen LogP contribution in [-0.4, -0.2) is 20.7 Å². The number of para-hydroxylation sites is 1. The summed E-state index contributed by atoms with van der Waals surface area (Å²) in [5, 5.41) is 0.907. The summed E-state index contributed by atoms with van der Waals surface area (Å²) in [5.41, 5.74) is 1.00. The SMILES string of the molecule is O=S1(=O)N=C(c2cc3ccccc3o2)CO1. The predicted molar refractivity (Wildman–Crippen MR) is 57.6 cm³/mol. The third-order valence-corrected chi connectivity index (χ3v) is 3.14. The first-order valence-corrected chi connectivity index (χ1v) is 5.98. The summed E-state index contributed by atoms with van der Waals surface area (Å²) in [7, 11) is -3.75. The highest BCUT2D eigenvalue weighted by molar-refractivity contribution is 7.85. The largest absolute Gasteiger partial charge is 0.455 e. The molecule has 0 fully saturated rings. The Balaban J connectivity index is 2.14. The Kier molecular flexibility index (Phi) is 1.89. The summed E-state index contributed by atoms with van der Waals surface area (Å²) in [6, 6.07) is 9.17. The molecule has 0 radical (unpaired) electrons. The van der Waals surface area contributed by atoms with Crippen LogP contribution in [0.2, 0.25) is 0 Å². The fraction of sp³-hybridized carbons (Fsp3) is 0.100. The summed E-state index contributed by atoms with van der Waals surface area (Å²) in [4.78, 5) is 0. The van der Waals surface area contributed by atoms with Crippen LogP contribution in [0.4, 0.5) is 0 Å². The lowest BCUT2D eigenvalue weighted by atomic mass is 10.2. The molecule has 16 heavy (non-hydrogen) atoms. The number of hydrogen-bond acceptors (Lipinski definition) is 4. The van der Waals surface area contributed by atoms with E-state index in [0.717, 1.165) is 5.39 Å². The van der Waals surface area contributed by atoms with E-state index >= 15 is 0 Å². The van der Waals surface area contributed by atoms with Gasteiger partial charge in [0.2, 0.25) is 0 Å². The monoisotopic (exact) mass is 237 g/mol. The van der Waals surface area contributed by atoms with Crippen LogP contribution in [0.25, 0.3) is 11.0 Å². The van der Waals surface area contributed by atoms with Crippen molar-refractivity contribution in [2.45, 2.75) is 0 Å². The second-order valence-electron chi connectivity index (χ2n) is 3.38. The van der Waals surface area contributed by atoms with Crippen LogP contribution >= 0.6 is 0 Å². The molecule has 1 aliphatic heterocycles. The molecule has 0 unspecified atom stereocenters. The first-order valence-electron chi connectivity index (χ1n) is 4.61. The summed E-state index contributed by atoms with van der Waals surface area (Å²) in [5.74, 6) is 0.433. The van der Waals surface area contributed by atoms with Gasteiger partial charge >= 0.3 is 10.3 Å². The van der Waals surface area contributed by atoms with E-state index in [1.54, 1.807) is 6.07 Å². The number of furan rings is 1. The second-order valence-corrected chi connectivity index (χ2v) is 4.65. The molecule has 0 amide bonds. The minimum Gasteiger partial charge on any atom is -0.455 e. The number of rotatable bonds is 1. The molecule has 5 nitrogen and oxygen atoms in total. The molecular weight excluding hydrogens is 230 g/mol. The van der Waals surface area contributed by atoms with Crippen LogP contribution < -0.4 is 0 Å². The van der Waals surface area contributed by atoms with Crippen LogP contribution in [0.1, 0.15) is 5.76 Å². The Morgan fingerprint density at radius 3 is 2.75 bits per heavy atom. The van der Waals surface area contributed by atoms with Gasteiger partial charge in [0.25, 0.3) is 0 Å². The van der Waals surface area contributed by atoms with Gasteiger partial charge < -0.3 is 4.42 Å². The topological polar surface area (TPSA) is 68.9 Å². The normalized spacial score (nSPS) is 18.9. The van der Waals surface area contributed by atoms with Gasteiger partial charge in [-0.3, -0.25) is 0 Å². The number of fused-ring (bicyclic) bond motifs is 1. The van der Waals surface area contributed by atoms with Gasteiger partial charge in [0.05, 0.1) is 0 Å². The Bertz CT molecular complexity index is 651. The highest BCUT2D eigenvalue weighted by atomic mass is 32.2. The van der Waals surface area contributed by atoms with Crippen LogP contribution in [0, 0.1) is 0 Å². The molecule has 0 aliphatic carbocycles. The smallest absolute Gasteiger partial charge is 0.381 e. The molecule has 0 saturated carbocycles.